The lowest BCUT2D eigenvalue weighted by Crippen LogP contribution is -1.99. The van der Waals surface area contributed by atoms with E-state index in [4.69, 9.17) is 6.57 Å². The van der Waals surface area contributed by atoms with E-state index >= 15 is 0 Å². The van der Waals surface area contributed by atoms with Crippen LogP contribution >= 0.6 is 0 Å². The molecule has 4 nitrogen and oxygen atoms in total. The number of nitriles is 1. The summed E-state index contributed by atoms with van der Waals surface area (Å²) >= 11 is 0. The summed E-state index contributed by atoms with van der Waals surface area (Å²) in [6.07, 6.45) is 0. The van der Waals surface area contributed by atoms with Crippen molar-refractivity contribution in [3.63, 3.8) is 0 Å². The van der Waals surface area contributed by atoms with Crippen LogP contribution in [0.15, 0.2) is 133 Å². The monoisotopic (exact) mass is 534 g/mol. The van der Waals surface area contributed by atoms with Gasteiger partial charge in [0.2, 0.25) is 5.69 Å². The van der Waals surface area contributed by atoms with Crippen LogP contribution in [-0.4, -0.2) is 9.13 Å². The Labute approximate surface area is 242 Å². The lowest BCUT2D eigenvalue weighted by Gasteiger charge is -2.17. The van der Waals surface area contributed by atoms with Crippen molar-refractivity contribution in [2.45, 2.75) is 0 Å². The molecule has 0 aliphatic heterocycles. The first-order chi connectivity index (χ1) is 20.8. The second kappa shape index (κ2) is 9.24. The fraction of sp³-hybridized carbons (Fsp3) is 0. The average molecular weight is 535 g/mol. The molecule has 42 heavy (non-hydrogen) atoms. The van der Waals surface area contributed by atoms with E-state index in [0.29, 0.717) is 11.3 Å². The molecule has 0 aliphatic rings. The largest absolute Gasteiger partial charge is 0.310 e. The molecule has 0 atom stereocenters. The highest BCUT2D eigenvalue weighted by Crippen LogP contribution is 2.40. The molecule has 8 rings (SSSR count). The van der Waals surface area contributed by atoms with Gasteiger partial charge in [-0.2, -0.15) is 5.26 Å². The molecule has 6 aromatic carbocycles. The number of para-hydroxylation sites is 4. The number of rotatable bonds is 3. The molecule has 194 valence electrons. The van der Waals surface area contributed by atoms with Crippen LogP contribution in [0.1, 0.15) is 5.56 Å². The molecule has 0 radical (unpaired) electrons. The summed E-state index contributed by atoms with van der Waals surface area (Å²) < 4.78 is 4.52. The molecule has 2 heterocycles. The summed E-state index contributed by atoms with van der Waals surface area (Å²) in [5.74, 6) is 0. The van der Waals surface area contributed by atoms with Crippen molar-refractivity contribution in [2.75, 3.05) is 0 Å². The Morgan fingerprint density at radius 3 is 1.55 bits per heavy atom. The zero-order valence-electron chi connectivity index (χ0n) is 22.5. The fourth-order valence-electron chi connectivity index (χ4n) is 6.37. The van der Waals surface area contributed by atoms with Crippen molar-refractivity contribution >= 4 is 49.3 Å². The van der Waals surface area contributed by atoms with Gasteiger partial charge in [-0.15, -0.1) is 0 Å². The second-order valence-electron chi connectivity index (χ2n) is 10.4. The molecule has 0 amide bonds. The van der Waals surface area contributed by atoms with Crippen LogP contribution in [-0.2, 0) is 0 Å². The normalized spacial score (nSPS) is 11.3. The molecular weight excluding hydrogens is 512 g/mol. The van der Waals surface area contributed by atoms with Crippen molar-refractivity contribution in [1.29, 1.82) is 5.26 Å². The number of hydrogen-bond donors (Lipinski definition) is 0. The van der Waals surface area contributed by atoms with Crippen LogP contribution in [0, 0.1) is 17.9 Å². The van der Waals surface area contributed by atoms with Crippen molar-refractivity contribution < 1.29 is 0 Å². The molecule has 0 spiro atoms. The first kappa shape index (κ1) is 23.8. The van der Waals surface area contributed by atoms with Gasteiger partial charge in [0.15, 0.2) is 0 Å². The van der Waals surface area contributed by atoms with Gasteiger partial charge < -0.3 is 9.13 Å². The van der Waals surface area contributed by atoms with Crippen LogP contribution in [0.5, 0.6) is 0 Å². The van der Waals surface area contributed by atoms with Crippen LogP contribution in [0.4, 0.5) is 5.69 Å². The van der Waals surface area contributed by atoms with E-state index in [0.717, 1.165) is 55.3 Å². The maximum absolute atomic E-state index is 10.0. The van der Waals surface area contributed by atoms with Gasteiger partial charge in [0.05, 0.1) is 40.3 Å². The second-order valence-corrected chi connectivity index (χ2v) is 10.4. The van der Waals surface area contributed by atoms with Gasteiger partial charge in [-0.1, -0.05) is 84.9 Å². The van der Waals surface area contributed by atoms with Gasteiger partial charge in [0.25, 0.3) is 0 Å². The Balaban J connectivity index is 1.45. The zero-order valence-corrected chi connectivity index (χ0v) is 22.5. The predicted octanol–water partition coefficient (Wildman–Crippen LogP) is 9.97. The van der Waals surface area contributed by atoms with E-state index < -0.39 is 0 Å². The molecule has 4 heteroatoms. The third kappa shape index (κ3) is 3.40. The van der Waals surface area contributed by atoms with E-state index in [1.54, 1.807) is 0 Å². The lowest BCUT2D eigenvalue weighted by atomic mass is 9.98. The molecule has 0 bridgehead atoms. The number of fused-ring (bicyclic) bond motifs is 6. The van der Waals surface area contributed by atoms with E-state index in [1.165, 1.54) is 10.8 Å². The minimum Gasteiger partial charge on any atom is -0.310 e. The van der Waals surface area contributed by atoms with E-state index in [-0.39, 0.29) is 0 Å². The van der Waals surface area contributed by atoms with Gasteiger partial charge >= 0.3 is 0 Å². The van der Waals surface area contributed by atoms with E-state index in [2.05, 4.69) is 129 Å². The summed E-state index contributed by atoms with van der Waals surface area (Å²) in [6.45, 7) is 7.85. The first-order valence-corrected chi connectivity index (χ1v) is 13.8. The maximum Gasteiger partial charge on any atom is 0.206 e. The summed E-state index contributed by atoms with van der Waals surface area (Å²) in [5, 5.41) is 14.7. The lowest BCUT2D eigenvalue weighted by molar-refractivity contribution is 1.17. The molecule has 8 aromatic rings. The minimum atomic E-state index is 0.344. The molecule has 2 aromatic heterocycles. The van der Waals surface area contributed by atoms with Crippen LogP contribution in [0.3, 0.4) is 0 Å². The standard InChI is InChI=1S/C38H22N4/c1-40-33-23-38(42-36-19-8-4-15-30(36)31-16-5-9-20-37(31)42)32(22-26(33)24-39)25-11-10-12-27(21-25)41-34-17-6-2-13-28(34)29-14-3-7-18-35(29)41/h2-23H. The SMILES string of the molecule is [C-]#[N+]c1cc(-n2c3ccccc3c3ccccc32)c(-c2cccc(-n3c4ccccc4c4ccccc43)c2)cc1C#N. The number of benzene rings is 6. The molecular formula is C38H22N4. The first-order valence-electron chi connectivity index (χ1n) is 13.8. The van der Waals surface area contributed by atoms with Gasteiger partial charge in [-0.3, -0.25) is 0 Å². The summed E-state index contributed by atoms with van der Waals surface area (Å²) in [7, 11) is 0. The Morgan fingerprint density at radius 1 is 0.548 bits per heavy atom. The average Bonchev–Trinajstić information content (AvgIpc) is 3.57. The Kier molecular flexibility index (Phi) is 5.22. The molecule has 0 unspecified atom stereocenters. The maximum atomic E-state index is 10.0. The zero-order chi connectivity index (χ0) is 28.2. The topological polar surface area (TPSA) is 38.0 Å². The smallest absolute Gasteiger partial charge is 0.206 e. The van der Waals surface area contributed by atoms with Crippen molar-refractivity contribution in [3.05, 3.63) is 150 Å². The minimum absolute atomic E-state index is 0.344. The van der Waals surface area contributed by atoms with Gasteiger partial charge in [-0.25, -0.2) is 4.85 Å². The van der Waals surface area contributed by atoms with Gasteiger partial charge in [0, 0.05) is 38.5 Å². The Bertz CT molecular complexity index is 2340. The van der Waals surface area contributed by atoms with E-state index in [1.807, 2.05) is 24.3 Å². The summed E-state index contributed by atoms with van der Waals surface area (Å²) in [4.78, 5) is 3.74. The molecule has 0 saturated carbocycles. The quantitative estimate of drug-likeness (QED) is 0.208. The highest BCUT2D eigenvalue weighted by atomic mass is 15.0. The molecule has 0 N–H and O–H groups in total. The predicted molar refractivity (Wildman–Crippen MR) is 172 cm³/mol. The number of aromatic nitrogens is 2. The highest BCUT2D eigenvalue weighted by Gasteiger charge is 2.19. The van der Waals surface area contributed by atoms with Crippen LogP contribution in [0.2, 0.25) is 0 Å². The Hall–Kier alpha value is -6.10. The number of hydrogen-bond acceptors (Lipinski definition) is 1. The van der Waals surface area contributed by atoms with Gasteiger partial charge in [-0.05, 0) is 54.1 Å². The molecule has 0 fully saturated rings. The van der Waals surface area contributed by atoms with Gasteiger partial charge in [0.1, 0.15) is 0 Å². The molecule has 0 saturated heterocycles. The Morgan fingerprint density at radius 2 is 1.05 bits per heavy atom. The van der Waals surface area contributed by atoms with Crippen molar-refractivity contribution in [1.82, 2.24) is 9.13 Å². The third-order valence-corrected chi connectivity index (χ3v) is 8.17. The van der Waals surface area contributed by atoms with Crippen molar-refractivity contribution in [2.24, 2.45) is 0 Å². The van der Waals surface area contributed by atoms with Crippen molar-refractivity contribution in [3.8, 4) is 28.6 Å². The highest BCUT2D eigenvalue weighted by molar-refractivity contribution is 6.10. The number of nitrogens with zero attached hydrogens (tertiary/aromatic N) is 4. The van der Waals surface area contributed by atoms with E-state index in [9.17, 15) is 5.26 Å². The van der Waals surface area contributed by atoms with Crippen LogP contribution < -0.4 is 0 Å². The fourth-order valence-corrected chi connectivity index (χ4v) is 6.37. The van der Waals surface area contributed by atoms with Crippen LogP contribution in [0.25, 0.3) is 71.0 Å². The summed E-state index contributed by atoms with van der Waals surface area (Å²) in [5.41, 5.74) is 8.87. The third-order valence-electron chi connectivity index (χ3n) is 8.17. The molecule has 0 aliphatic carbocycles. The summed E-state index contributed by atoms with van der Waals surface area (Å²) in [6, 6.07) is 48.1.